The minimum Gasteiger partial charge on any atom is -0.374 e. The molecular weight excluding hydrogens is 208 g/mol. The van der Waals surface area contributed by atoms with Gasteiger partial charge in [-0.2, -0.15) is 0 Å². The van der Waals surface area contributed by atoms with E-state index in [1.54, 1.807) is 7.11 Å². The van der Waals surface area contributed by atoms with Crippen LogP contribution in [0.5, 0.6) is 0 Å². The first-order valence-corrected chi connectivity index (χ1v) is 5.80. The summed E-state index contributed by atoms with van der Waals surface area (Å²) in [6, 6.07) is 20.9. The van der Waals surface area contributed by atoms with E-state index in [9.17, 15) is 0 Å². The summed E-state index contributed by atoms with van der Waals surface area (Å²) in [6.45, 7) is 2.03. The standard InChI is InChI=1S/C16H17O/c1-13(17-2)16(14-9-5-3-6-10-14)15-11-7-4-8-12-15/h3-12,16H,1-2H3. The van der Waals surface area contributed by atoms with E-state index in [0.29, 0.717) is 0 Å². The van der Waals surface area contributed by atoms with Crippen molar-refractivity contribution in [2.24, 2.45) is 0 Å². The maximum Gasteiger partial charge on any atom is 0.105 e. The van der Waals surface area contributed by atoms with E-state index in [2.05, 4.69) is 48.5 Å². The molecular formula is C16H17O. The Morgan fingerprint density at radius 1 is 0.824 bits per heavy atom. The highest BCUT2D eigenvalue weighted by molar-refractivity contribution is 5.36. The minimum atomic E-state index is 0.211. The molecule has 0 bridgehead atoms. The van der Waals surface area contributed by atoms with Gasteiger partial charge in [0.1, 0.15) is 6.10 Å². The lowest BCUT2D eigenvalue weighted by Crippen LogP contribution is -2.11. The van der Waals surface area contributed by atoms with Gasteiger partial charge in [-0.05, 0) is 18.1 Å². The number of methoxy groups -OCH3 is 1. The second-order valence-corrected chi connectivity index (χ2v) is 4.07. The molecule has 0 N–H and O–H groups in total. The molecule has 0 aliphatic heterocycles. The van der Waals surface area contributed by atoms with Gasteiger partial charge in [-0.3, -0.25) is 0 Å². The van der Waals surface area contributed by atoms with Gasteiger partial charge in [0.2, 0.25) is 0 Å². The summed E-state index contributed by atoms with van der Waals surface area (Å²) in [5.41, 5.74) is 2.52. The molecule has 0 spiro atoms. The predicted molar refractivity (Wildman–Crippen MR) is 70.7 cm³/mol. The molecule has 0 aliphatic carbocycles. The first-order chi connectivity index (χ1) is 8.33. The second kappa shape index (κ2) is 5.65. The fraction of sp³-hybridized carbons (Fsp3) is 0.188. The highest BCUT2D eigenvalue weighted by Crippen LogP contribution is 2.33. The number of rotatable bonds is 4. The van der Waals surface area contributed by atoms with Crippen LogP contribution in [0, 0.1) is 6.10 Å². The Morgan fingerprint density at radius 3 is 1.59 bits per heavy atom. The van der Waals surface area contributed by atoms with Gasteiger partial charge in [-0.1, -0.05) is 60.7 Å². The molecule has 0 saturated heterocycles. The number of hydrogen-bond donors (Lipinski definition) is 0. The lowest BCUT2D eigenvalue weighted by molar-refractivity contribution is 0.199. The summed E-state index contributed by atoms with van der Waals surface area (Å²) < 4.78 is 5.44. The van der Waals surface area contributed by atoms with Crippen molar-refractivity contribution in [2.75, 3.05) is 7.11 Å². The summed E-state index contributed by atoms with van der Waals surface area (Å²) >= 11 is 0. The molecule has 0 amide bonds. The Kier molecular flexibility index (Phi) is 3.94. The SMILES string of the molecule is CO[C](C)C(c1ccccc1)c1ccccc1. The van der Waals surface area contributed by atoms with E-state index in [4.69, 9.17) is 4.74 Å². The van der Waals surface area contributed by atoms with E-state index in [1.807, 2.05) is 19.1 Å². The fourth-order valence-electron chi connectivity index (χ4n) is 2.07. The molecule has 0 unspecified atom stereocenters. The molecule has 1 heteroatoms. The van der Waals surface area contributed by atoms with E-state index < -0.39 is 0 Å². The van der Waals surface area contributed by atoms with Crippen LogP contribution in [0.25, 0.3) is 0 Å². The lowest BCUT2D eigenvalue weighted by atomic mass is 9.87. The van der Waals surface area contributed by atoms with Gasteiger partial charge in [0.25, 0.3) is 0 Å². The zero-order valence-electron chi connectivity index (χ0n) is 10.3. The van der Waals surface area contributed by atoms with Crippen molar-refractivity contribution >= 4 is 0 Å². The first-order valence-electron chi connectivity index (χ1n) is 5.80. The average molecular weight is 225 g/mol. The van der Waals surface area contributed by atoms with E-state index >= 15 is 0 Å². The molecule has 0 saturated carbocycles. The van der Waals surface area contributed by atoms with E-state index in [0.717, 1.165) is 6.10 Å². The topological polar surface area (TPSA) is 9.23 Å². The largest absolute Gasteiger partial charge is 0.374 e. The second-order valence-electron chi connectivity index (χ2n) is 4.07. The van der Waals surface area contributed by atoms with Crippen LogP contribution < -0.4 is 0 Å². The van der Waals surface area contributed by atoms with Gasteiger partial charge in [0.05, 0.1) is 0 Å². The van der Waals surface area contributed by atoms with Gasteiger partial charge in [0.15, 0.2) is 0 Å². The van der Waals surface area contributed by atoms with Crippen LogP contribution in [-0.2, 0) is 4.74 Å². The zero-order chi connectivity index (χ0) is 12.1. The van der Waals surface area contributed by atoms with Crippen LogP contribution in [-0.4, -0.2) is 7.11 Å². The predicted octanol–water partition coefficient (Wildman–Crippen LogP) is 4.02. The third-order valence-corrected chi connectivity index (χ3v) is 2.99. The van der Waals surface area contributed by atoms with E-state index in [1.165, 1.54) is 11.1 Å². The third-order valence-electron chi connectivity index (χ3n) is 2.99. The zero-order valence-corrected chi connectivity index (χ0v) is 10.3. The van der Waals surface area contributed by atoms with Gasteiger partial charge >= 0.3 is 0 Å². The molecule has 0 atom stereocenters. The molecule has 87 valence electrons. The van der Waals surface area contributed by atoms with Crippen molar-refractivity contribution < 1.29 is 4.74 Å². The van der Waals surface area contributed by atoms with Gasteiger partial charge < -0.3 is 4.74 Å². The van der Waals surface area contributed by atoms with Gasteiger partial charge in [-0.25, -0.2) is 0 Å². The van der Waals surface area contributed by atoms with Crippen LogP contribution in [0.1, 0.15) is 24.0 Å². The molecule has 0 aliphatic rings. The Labute approximate surface area is 103 Å². The lowest BCUT2D eigenvalue weighted by Gasteiger charge is -2.22. The van der Waals surface area contributed by atoms with E-state index in [-0.39, 0.29) is 5.92 Å². The first kappa shape index (κ1) is 11.9. The summed E-state index contributed by atoms with van der Waals surface area (Å²) in [5.74, 6) is 0.211. The summed E-state index contributed by atoms with van der Waals surface area (Å²) in [4.78, 5) is 0. The molecule has 0 aromatic heterocycles. The molecule has 1 radical (unpaired) electrons. The number of benzene rings is 2. The summed E-state index contributed by atoms with van der Waals surface area (Å²) in [7, 11) is 1.73. The Bertz CT molecular complexity index is 396. The van der Waals surface area contributed by atoms with Gasteiger partial charge in [0, 0.05) is 13.0 Å². The smallest absolute Gasteiger partial charge is 0.105 e. The molecule has 2 aromatic carbocycles. The van der Waals surface area contributed by atoms with Crippen LogP contribution in [0.15, 0.2) is 60.7 Å². The Morgan fingerprint density at radius 2 is 1.24 bits per heavy atom. The Hall–Kier alpha value is -1.60. The highest BCUT2D eigenvalue weighted by Gasteiger charge is 2.21. The number of ether oxygens (including phenoxy) is 1. The highest BCUT2D eigenvalue weighted by atomic mass is 16.5. The molecule has 1 nitrogen and oxygen atoms in total. The fourth-order valence-corrected chi connectivity index (χ4v) is 2.07. The molecule has 0 fully saturated rings. The summed E-state index contributed by atoms with van der Waals surface area (Å²) in [6.07, 6.45) is 1.02. The number of hydrogen-bond acceptors (Lipinski definition) is 1. The van der Waals surface area contributed by atoms with Crippen LogP contribution in [0.4, 0.5) is 0 Å². The van der Waals surface area contributed by atoms with Crippen LogP contribution in [0.2, 0.25) is 0 Å². The normalized spacial score (nSPS) is 11.1. The third kappa shape index (κ3) is 2.75. The molecule has 0 heterocycles. The van der Waals surface area contributed by atoms with Crippen molar-refractivity contribution in [3.63, 3.8) is 0 Å². The quantitative estimate of drug-likeness (QED) is 0.763. The Balaban J connectivity index is 2.39. The molecule has 2 rings (SSSR count). The molecule has 17 heavy (non-hydrogen) atoms. The minimum absolute atomic E-state index is 0.211. The van der Waals surface area contributed by atoms with Crippen molar-refractivity contribution in [3.05, 3.63) is 77.9 Å². The van der Waals surface area contributed by atoms with Crippen LogP contribution >= 0.6 is 0 Å². The maximum atomic E-state index is 5.44. The average Bonchev–Trinajstić information content (AvgIpc) is 2.41. The van der Waals surface area contributed by atoms with Crippen molar-refractivity contribution in [3.8, 4) is 0 Å². The van der Waals surface area contributed by atoms with Gasteiger partial charge in [-0.15, -0.1) is 0 Å². The molecule has 2 aromatic rings. The van der Waals surface area contributed by atoms with Crippen molar-refractivity contribution in [1.29, 1.82) is 0 Å². The van der Waals surface area contributed by atoms with Crippen molar-refractivity contribution in [1.82, 2.24) is 0 Å². The maximum absolute atomic E-state index is 5.44. The van der Waals surface area contributed by atoms with Crippen LogP contribution in [0.3, 0.4) is 0 Å². The summed E-state index contributed by atoms with van der Waals surface area (Å²) in [5, 5.41) is 0. The monoisotopic (exact) mass is 225 g/mol. The van der Waals surface area contributed by atoms with Crippen molar-refractivity contribution in [2.45, 2.75) is 12.8 Å².